The van der Waals surface area contributed by atoms with Gasteiger partial charge in [-0.3, -0.25) is 4.79 Å². The maximum atomic E-state index is 14.6. The minimum atomic E-state index is -1.80. The van der Waals surface area contributed by atoms with Crippen LogP contribution >= 0.6 is 11.6 Å². The summed E-state index contributed by atoms with van der Waals surface area (Å²) < 4.78 is 14.6. The van der Waals surface area contributed by atoms with Gasteiger partial charge in [-0.2, -0.15) is 0 Å². The highest BCUT2D eigenvalue weighted by Crippen LogP contribution is 2.30. The Morgan fingerprint density at radius 2 is 2.32 bits per heavy atom. The summed E-state index contributed by atoms with van der Waals surface area (Å²) in [5, 5.41) is 3.28. The van der Waals surface area contributed by atoms with Gasteiger partial charge in [0.15, 0.2) is 0 Å². The number of aromatic nitrogens is 1. The molecule has 19 heavy (non-hydrogen) atoms. The number of anilines is 1. The van der Waals surface area contributed by atoms with Gasteiger partial charge in [0.05, 0.1) is 11.6 Å². The monoisotopic (exact) mass is 283 g/mol. The average Bonchev–Trinajstić information content (AvgIpc) is 3.11. The number of pyridine rings is 1. The Morgan fingerprint density at radius 3 is 2.95 bits per heavy atom. The first-order valence-corrected chi connectivity index (χ1v) is 6.81. The maximum Gasteiger partial charge on any atom is 0.259 e. The molecule has 1 aromatic rings. The number of nitrogens with one attached hydrogen (secondary N) is 1. The maximum absolute atomic E-state index is 14.6. The smallest absolute Gasteiger partial charge is 0.259 e. The molecule has 3 rings (SSSR count). The summed E-state index contributed by atoms with van der Waals surface area (Å²) in [6.07, 6.45) is 3.66. The molecule has 0 spiro atoms. The fourth-order valence-electron chi connectivity index (χ4n) is 2.25. The molecule has 2 fully saturated rings. The predicted octanol–water partition coefficient (Wildman–Crippen LogP) is 1.93. The molecule has 0 aromatic carbocycles. The van der Waals surface area contributed by atoms with Gasteiger partial charge >= 0.3 is 0 Å². The van der Waals surface area contributed by atoms with E-state index in [9.17, 15) is 9.18 Å². The predicted molar refractivity (Wildman–Crippen MR) is 71.1 cm³/mol. The molecule has 1 saturated heterocycles. The second-order valence-corrected chi connectivity index (χ2v) is 5.66. The Balaban J connectivity index is 1.68. The molecular formula is C13H15ClFN3O. The van der Waals surface area contributed by atoms with Crippen LogP contribution in [0.15, 0.2) is 18.3 Å². The first-order chi connectivity index (χ1) is 9.07. The molecule has 2 heterocycles. The van der Waals surface area contributed by atoms with Crippen molar-refractivity contribution in [2.24, 2.45) is 0 Å². The van der Waals surface area contributed by atoms with Crippen molar-refractivity contribution in [1.29, 1.82) is 0 Å². The lowest BCUT2D eigenvalue weighted by Gasteiger charge is -2.21. The minimum absolute atomic E-state index is 0.0557. The van der Waals surface area contributed by atoms with Gasteiger partial charge in [-0.05, 0) is 25.0 Å². The number of rotatable bonds is 3. The number of alkyl halides is 1. The standard InChI is InChI=1S/C13H15ClFN3O/c14-9-1-4-11(16-7-9)18-6-5-13(15,8-18)12(19)17-10-2-3-10/h1,4,7,10H,2-3,5-6,8H2,(H,17,19). The molecule has 2 aliphatic rings. The first kappa shape index (κ1) is 12.7. The number of carbonyl (C=O) groups excluding carboxylic acids is 1. The zero-order valence-corrected chi connectivity index (χ0v) is 11.2. The third-order valence-electron chi connectivity index (χ3n) is 3.57. The van der Waals surface area contributed by atoms with E-state index in [1.807, 2.05) is 0 Å². The van der Waals surface area contributed by atoms with Gasteiger partial charge in [-0.15, -0.1) is 0 Å². The highest BCUT2D eigenvalue weighted by Gasteiger charge is 2.46. The Labute approximate surface area is 115 Å². The second-order valence-electron chi connectivity index (χ2n) is 5.22. The molecule has 6 heteroatoms. The number of hydrogen-bond acceptors (Lipinski definition) is 3. The molecule has 1 aliphatic heterocycles. The summed E-state index contributed by atoms with van der Waals surface area (Å²) in [4.78, 5) is 17.8. The van der Waals surface area contributed by atoms with Crippen LogP contribution in [0.25, 0.3) is 0 Å². The van der Waals surface area contributed by atoms with Crippen LogP contribution in [0.5, 0.6) is 0 Å². The van der Waals surface area contributed by atoms with E-state index in [0.717, 1.165) is 12.8 Å². The Hall–Kier alpha value is -1.36. The van der Waals surface area contributed by atoms with Gasteiger partial charge in [0.1, 0.15) is 5.82 Å². The molecule has 0 bridgehead atoms. The third kappa shape index (κ3) is 2.66. The van der Waals surface area contributed by atoms with Crippen molar-refractivity contribution >= 4 is 23.3 Å². The van der Waals surface area contributed by atoms with Crippen molar-refractivity contribution in [2.75, 3.05) is 18.0 Å². The van der Waals surface area contributed by atoms with Crippen LogP contribution in [0, 0.1) is 0 Å². The van der Waals surface area contributed by atoms with Crippen molar-refractivity contribution in [3.05, 3.63) is 23.4 Å². The molecule has 1 aromatic heterocycles. The van der Waals surface area contributed by atoms with E-state index < -0.39 is 11.6 Å². The highest BCUT2D eigenvalue weighted by molar-refractivity contribution is 6.30. The lowest BCUT2D eigenvalue weighted by molar-refractivity contribution is -0.131. The molecule has 1 amide bonds. The van der Waals surface area contributed by atoms with Crippen molar-refractivity contribution in [3.8, 4) is 0 Å². The first-order valence-electron chi connectivity index (χ1n) is 6.43. The second kappa shape index (κ2) is 4.63. The zero-order valence-electron chi connectivity index (χ0n) is 10.4. The molecular weight excluding hydrogens is 269 g/mol. The topological polar surface area (TPSA) is 45.2 Å². The van der Waals surface area contributed by atoms with Crippen LogP contribution in [-0.4, -0.2) is 35.7 Å². The van der Waals surface area contributed by atoms with E-state index in [1.165, 1.54) is 6.20 Å². The number of hydrogen-bond donors (Lipinski definition) is 1. The largest absolute Gasteiger partial charge is 0.353 e. The summed E-state index contributed by atoms with van der Waals surface area (Å²) in [6.45, 7) is 0.545. The van der Waals surface area contributed by atoms with Crippen molar-refractivity contribution in [1.82, 2.24) is 10.3 Å². The number of amides is 1. The number of carbonyl (C=O) groups is 1. The van der Waals surface area contributed by atoms with Gasteiger partial charge in [-0.25, -0.2) is 9.37 Å². The Bertz CT molecular complexity index is 491. The summed E-state index contributed by atoms with van der Waals surface area (Å²) in [6, 6.07) is 3.64. The van der Waals surface area contributed by atoms with Gasteiger partial charge in [0.2, 0.25) is 5.67 Å². The summed E-state index contributed by atoms with van der Waals surface area (Å²) >= 11 is 5.77. The number of nitrogens with zero attached hydrogens (tertiary/aromatic N) is 2. The quantitative estimate of drug-likeness (QED) is 0.922. The molecule has 1 unspecified atom stereocenters. The van der Waals surface area contributed by atoms with Gasteiger partial charge in [-0.1, -0.05) is 11.6 Å². The van der Waals surface area contributed by atoms with Crippen LogP contribution in [-0.2, 0) is 4.79 Å². The molecule has 1 atom stereocenters. The van der Waals surface area contributed by atoms with E-state index >= 15 is 0 Å². The van der Waals surface area contributed by atoms with E-state index in [1.54, 1.807) is 17.0 Å². The van der Waals surface area contributed by atoms with Gasteiger partial charge in [0, 0.05) is 25.2 Å². The highest BCUT2D eigenvalue weighted by atomic mass is 35.5. The SMILES string of the molecule is O=C(NC1CC1)C1(F)CCN(c2ccc(Cl)cn2)C1. The summed E-state index contributed by atoms with van der Waals surface area (Å²) in [5.41, 5.74) is -1.80. The summed E-state index contributed by atoms with van der Waals surface area (Å²) in [7, 11) is 0. The van der Waals surface area contributed by atoms with Crippen LogP contribution < -0.4 is 10.2 Å². The molecule has 102 valence electrons. The lowest BCUT2D eigenvalue weighted by Crippen LogP contribution is -2.46. The van der Waals surface area contributed by atoms with Gasteiger partial charge < -0.3 is 10.2 Å². The number of halogens is 2. The minimum Gasteiger partial charge on any atom is -0.353 e. The molecule has 1 aliphatic carbocycles. The summed E-state index contributed by atoms with van der Waals surface area (Å²) in [5.74, 6) is 0.176. The van der Waals surface area contributed by atoms with Crippen molar-refractivity contribution in [2.45, 2.75) is 31.0 Å². The van der Waals surface area contributed by atoms with Crippen LogP contribution in [0.1, 0.15) is 19.3 Å². The van der Waals surface area contributed by atoms with Gasteiger partial charge in [0.25, 0.3) is 5.91 Å². The van der Waals surface area contributed by atoms with Crippen LogP contribution in [0.2, 0.25) is 5.02 Å². The fraction of sp³-hybridized carbons (Fsp3) is 0.538. The molecule has 4 nitrogen and oxygen atoms in total. The lowest BCUT2D eigenvalue weighted by atomic mass is 10.1. The van der Waals surface area contributed by atoms with E-state index in [2.05, 4.69) is 10.3 Å². The zero-order chi connectivity index (χ0) is 13.5. The normalized spacial score (nSPS) is 26.5. The van der Waals surface area contributed by atoms with Crippen LogP contribution in [0.4, 0.5) is 10.2 Å². The van der Waals surface area contributed by atoms with Crippen molar-refractivity contribution in [3.63, 3.8) is 0 Å². The van der Waals surface area contributed by atoms with E-state index in [0.29, 0.717) is 17.4 Å². The fourth-order valence-corrected chi connectivity index (χ4v) is 2.36. The third-order valence-corrected chi connectivity index (χ3v) is 3.80. The molecule has 0 radical (unpaired) electrons. The Kier molecular flexibility index (Phi) is 3.09. The molecule has 1 N–H and O–H groups in total. The Morgan fingerprint density at radius 1 is 1.53 bits per heavy atom. The average molecular weight is 284 g/mol. The van der Waals surface area contributed by atoms with Crippen LogP contribution in [0.3, 0.4) is 0 Å². The van der Waals surface area contributed by atoms with E-state index in [-0.39, 0.29) is 19.0 Å². The molecule has 1 saturated carbocycles. The van der Waals surface area contributed by atoms with E-state index in [4.69, 9.17) is 11.6 Å². The van der Waals surface area contributed by atoms with Crippen molar-refractivity contribution < 1.29 is 9.18 Å².